The van der Waals surface area contributed by atoms with Crippen molar-refractivity contribution in [1.29, 1.82) is 0 Å². The first-order chi connectivity index (χ1) is 4.19. The van der Waals surface area contributed by atoms with Crippen LogP contribution in [0.2, 0.25) is 0 Å². The van der Waals surface area contributed by atoms with Crippen molar-refractivity contribution in [2.45, 2.75) is 5.54 Å². The van der Waals surface area contributed by atoms with Gasteiger partial charge in [-0.05, 0) is 0 Å². The summed E-state index contributed by atoms with van der Waals surface area (Å²) in [4.78, 5) is 10.7. The van der Waals surface area contributed by atoms with Gasteiger partial charge < -0.3 is 15.2 Å². The molecule has 2 N–H and O–H groups in total. The summed E-state index contributed by atoms with van der Waals surface area (Å²) < 4.78 is 9.15. The third-order valence-corrected chi connectivity index (χ3v) is 1.31. The van der Waals surface area contributed by atoms with E-state index in [-0.39, 0.29) is 25.6 Å². The smallest absolute Gasteiger partial charge is 0.330 e. The second-order valence-corrected chi connectivity index (χ2v) is 2.14. The van der Waals surface area contributed by atoms with Crippen LogP contribution in [0.5, 0.6) is 0 Å². The fourth-order valence-corrected chi connectivity index (χ4v) is 0.643. The van der Waals surface area contributed by atoms with E-state index in [4.69, 9.17) is 10.5 Å². The molecule has 0 amide bonds. The third kappa shape index (κ3) is 1.39. The van der Waals surface area contributed by atoms with Gasteiger partial charge in [0, 0.05) is 0 Å². The van der Waals surface area contributed by atoms with Gasteiger partial charge in [-0.1, -0.05) is 0 Å². The van der Waals surface area contributed by atoms with Crippen molar-refractivity contribution in [2.75, 3.05) is 20.3 Å². The largest absolute Gasteiger partial charge is 0.468 e. The van der Waals surface area contributed by atoms with Gasteiger partial charge in [0.15, 0.2) is 5.54 Å². The molecule has 1 aliphatic rings. The molecule has 60 valence electrons. The summed E-state index contributed by atoms with van der Waals surface area (Å²) in [6.07, 6.45) is 0. The Bertz CT molecular complexity index is 135. The Labute approximate surface area is 65.1 Å². The van der Waals surface area contributed by atoms with Gasteiger partial charge in [-0.25, -0.2) is 4.79 Å². The van der Waals surface area contributed by atoms with Crippen LogP contribution in [0.1, 0.15) is 0 Å². The normalized spacial score (nSPS) is 20.2. The molecule has 5 heteroatoms. The molecule has 0 spiro atoms. The van der Waals surface area contributed by atoms with Crippen molar-refractivity contribution < 1.29 is 14.3 Å². The highest BCUT2D eigenvalue weighted by molar-refractivity contribution is 5.85. The lowest BCUT2D eigenvalue weighted by atomic mass is 10.00. The topological polar surface area (TPSA) is 61.5 Å². The fourth-order valence-electron chi connectivity index (χ4n) is 0.643. The first-order valence-corrected chi connectivity index (χ1v) is 2.64. The second-order valence-electron chi connectivity index (χ2n) is 2.14. The Morgan fingerprint density at radius 3 is 2.30 bits per heavy atom. The van der Waals surface area contributed by atoms with Crippen LogP contribution in [0.25, 0.3) is 0 Å². The average molecular weight is 168 g/mol. The third-order valence-electron chi connectivity index (χ3n) is 1.31. The van der Waals surface area contributed by atoms with Crippen molar-refractivity contribution in [1.82, 2.24) is 0 Å². The lowest BCUT2D eigenvalue weighted by Crippen LogP contribution is -2.63. The van der Waals surface area contributed by atoms with Crippen molar-refractivity contribution >= 4 is 18.4 Å². The van der Waals surface area contributed by atoms with Gasteiger partial charge in [0.25, 0.3) is 0 Å². The number of hydrogen-bond acceptors (Lipinski definition) is 4. The summed E-state index contributed by atoms with van der Waals surface area (Å²) in [5.74, 6) is -0.395. The predicted octanol–water partition coefficient (Wildman–Crippen LogP) is -0.691. The Kier molecular flexibility index (Phi) is 3.08. The van der Waals surface area contributed by atoms with Crippen LogP contribution in [0, 0.1) is 0 Å². The molecule has 0 atom stereocenters. The van der Waals surface area contributed by atoms with E-state index < -0.39 is 11.5 Å². The summed E-state index contributed by atoms with van der Waals surface area (Å²) in [7, 11) is 1.31. The molecule has 0 aromatic rings. The van der Waals surface area contributed by atoms with Crippen LogP contribution in [-0.2, 0) is 14.3 Å². The Balaban J connectivity index is 0.000000810. The molecule has 0 aromatic carbocycles. The van der Waals surface area contributed by atoms with Gasteiger partial charge in [-0.3, -0.25) is 0 Å². The number of carbonyl (C=O) groups is 1. The highest BCUT2D eigenvalue weighted by Gasteiger charge is 2.43. The van der Waals surface area contributed by atoms with E-state index in [1.807, 2.05) is 0 Å². The zero-order valence-electron chi connectivity index (χ0n) is 5.62. The maximum absolute atomic E-state index is 10.7. The minimum absolute atomic E-state index is 0. The zero-order chi connectivity index (χ0) is 6.91. The molecule has 0 radical (unpaired) electrons. The molecule has 0 aliphatic carbocycles. The fraction of sp³-hybridized carbons (Fsp3) is 0.800. The van der Waals surface area contributed by atoms with Crippen molar-refractivity contribution in [2.24, 2.45) is 5.73 Å². The molecule has 0 bridgehead atoms. The highest BCUT2D eigenvalue weighted by Crippen LogP contribution is 2.13. The molecule has 4 nitrogen and oxygen atoms in total. The van der Waals surface area contributed by atoms with Crippen LogP contribution in [0.3, 0.4) is 0 Å². The highest BCUT2D eigenvalue weighted by atomic mass is 35.5. The van der Waals surface area contributed by atoms with Crippen molar-refractivity contribution in [3.63, 3.8) is 0 Å². The number of nitrogens with two attached hydrogens (primary N) is 1. The molecular formula is C5H10ClNO3. The summed E-state index contributed by atoms with van der Waals surface area (Å²) in [5.41, 5.74) is 4.60. The first-order valence-electron chi connectivity index (χ1n) is 2.64. The minimum atomic E-state index is -0.852. The number of esters is 1. The van der Waals surface area contributed by atoms with E-state index in [2.05, 4.69) is 4.74 Å². The number of carbonyl (C=O) groups excluding carboxylic acids is 1. The van der Waals surface area contributed by atoms with Crippen LogP contribution in [0.4, 0.5) is 0 Å². The number of methoxy groups -OCH3 is 1. The Morgan fingerprint density at radius 1 is 1.70 bits per heavy atom. The van der Waals surface area contributed by atoms with Crippen LogP contribution in [0.15, 0.2) is 0 Å². The summed E-state index contributed by atoms with van der Waals surface area (Å²) in [6, 6.07) is 0. The quantitative estimate of drug-likeness (QED) is 0.525. The molecular weight excluding hydrogens is 158 g/mol. The van der Waals surface area contributed by atoms with Gasteiger partial charge in [-0.15, -0.1) is 12.4 Å². The van der Waals surface area contributed by atoms with Crippen LogP contribution in [-0.4, -0.2) is 31.8 Å². The van der Waals surface area contributed by atoms with E-state index in [1.165, 1.54) is 7.11 Å². The Hall–Kier alpha value is -0.320. The van der Waals surface area contributed by atoms with Gasteiger partial charge in [0.1, 0.15) is 0 Å². The van der Waals surface area contributed by atoms with Gasteiger partial charge in [0.05, 0.1) is 20.3 Å². The Morgan fingerprint density at radius 2 is 2.20 bits per heavy atom. The van der Waals surface area contributed by atoms with E-state index in [1.54, 1.807) is 0 Å². The molecule has 0 aromatic heterocycles. The molecule has 1 fully saturated rings. The van der Waals surface area contributed by atoms with E-state index in [0.29, 0.717) is 0 Å². The molecule has 1 rings (SSSR count). The molecule has 1 saturated heterocycles. The van der Waals surface area contributed by atoms with Gasteiger partial charge in [-0.2, -0.15) is 0 Å². The lowest BCUT2D eigenvalue weighted by molar-refractivity contribution is -0.164. The predicted molar refractivity (Wildman–Crippen MR) is 37.0 cm³/mol. The molecule has 0 saturated carbocycles. The number of halogens is 1. The van der Waals surface area contributed by atoms with Gasteiger partial charge >= 0.3 is 5.97 Å². The van der Waals surface area contributed by atoms with E-state index in [9.17, 15) is 4.79 Å². The van der Waals surface area contributed by atoms with Crippen molar-refractivity contribution in [3.8, 4) is 0 Å². The van der Waals surface area contributed by atoms with E-state index in [0.717, 1.165) is 0 Å². The standard InChI is InChI=1S/C5H9NO3.ClH/c1-8-4(7)5(6)2-9-3-5;/h2-3,6H2,1H3;1H. The summed E-state index contributed by atoms with van der Waals surface area (Å²) in [5, 5.41) is 0. The first kappa shape index (κ1) is 9.68. The van der Waals surface area contributed by atoms with Crippen molar-refractivity contribution in [3.05, 3.63) is 0 Å². The summed E-state index contributed by atoms with van der Waals surface area (Å²) in [6.45, 7) is 0.555. The maximum atomic E-state index is 10.7. The number of ether oxygens (including phenoxy) is 2. The minimum Gasteiger partial charge on any atom is -0.468 e. The average Bonchev–Trinajstić information content (AvgIpc) is 1.81. The second kappa shape index (κ2) is 3.18. The van der Waals surface area contributed by atoms with Gasteiger partial charge in [0.2, 0.25) is 0 Å². The SMILES string of the molecule is COC(=O)C1(N)COC1.Cl. The molecule has 10 heavy (non-hydrogen) atoms. The number of rotatable bonds is 1. The van der Waals surface area contributed by atoms with Crippen LogP contribution < -0.4 is 5.73 Å². The molecule has 0 unspecified atom stereocenters. The molecule has 1 aliphatic heterocycles. The maximum Gasteiger partial charge on any atom is 0.330 e. The van der Waals surface area contributed by atoms with E-state index >= 15 is 0 Å². The number of hydrogen-bond donors (Lipinski definition) is 1. The zero-order valence-corrected chi connectivity index (χ0v) is 6.44. The summed E-state index contributed by atoms with van der Waals surface area (Å²) >= 11 is 0. The monoisotopic (exact) mass is 167 g/mol. The molecule has 1 heterocycles. The lowest BCUT2D eigenvalue weighted by Gasteiger charge is -2.34. The van der Waals surface area contributed by atoms with Crippen LogP contribution >= 0.6 is 12.4 Å².